The van der Waals surface area contributed by atoms with Gasteiger partial charge in [0.2, 0.25) is 0 Å². The molecule has 0 bridgehead atoms. The fraction of sp³-hybridized carbons (Fsp3) is 0.250. The summed E-state index contributed by atoms with van der Waals surface area (Å²) in [4.78, 5) is 11.4. The molecule has 0 aliphatic rings. The SMILES string of the molecule is C=CCc1cccc(C(=O)OCC)c1. The van der Waals surface area contributed by atoms with E-state index in [-0.39, 0.29) is 5.97 Å². The number of allylic oxidation sites excluding steroid dienone is 1. The Morgan fingerprint density at radius 1 is 1.57 bits per heavy atom. The van der Waals surface area contributed by atoms with Gasteiger partial charge in [0, 0.05) is 0 Å². The molecule has 0 aliphatic heterocycles. The lowest BCUT2D eigenvalue weighted by molar-refractivity contribution is 0.0526. The smallest absolute Gasteiger partial charge is 0.338 e. The predicted octanol–water partition coefficient (Wildman–Crippen LogP) is 2.59. The van der Waals surface area contributed by atoms with Gasteiger partial charge in [-0.3, -0.25) is 0 Å². The first-order valence-corrected chi connectivity index (χ1v) is 4.65. The maximum Gasteiger partial charge on any atom is 0.338 e. The zero-order chi connectivity index (χ0) is 10.4. The zero-order valence-electron chi connectivity index (χ0n) is 8.32. The predicted molar refractivity (Wildman–Crippen MR) is 56.3 cm³/mol. The average Bonchev–Trinajstić information content (AvgIpc) is 2.19. The van der Waals surface area contributed by atoms with Gasteiger partial charge in [0.05, 0.1) is 12.2 Å². The van der Waals surface area contributed by atoms with Gasteiger partial charge in [-0.2, -0.15) is 0 Å². The van der Waals surface area contributed by atoms with Gasteiger partial charge in [-0.05, 0) is 31.0 Å². The van der Waals surface area contributed by atoms with Gasteiger partial charge in [-0.25, -0.2) is 4.79 Å². The van der Waals surface area contributed by atoms with Crippen LogP contribution in [0.5, 0.6) is 0 Å². The normalized spacial score (nSPS) is 9.50. The molecule has 1 rings (SSSR count). The molecular formula is C12H14O2. The fourth-order valence-corrected chi connectivity index (χ4v) is 1.21. The van der Waals surface area contributed by atoms with E-state index in [1.807, 2.05) is 24.3 Å². The summed E-state index contributed by atoms with van der Waals surface area (Å²) in [6.07, 6.45) is 2.58. The van der Waals surface area contributed by atoms with E-state index in [1.54, 1.807) is 13.0 Å². The Hall–Kier alpha value is -1.57. The second-order valence-electron chi connectivity index (χ2n) is 2.91. The van der Waals surface area contributed by atoms with E-state index >= 15 is 0 Å². The molecule has 0 fully saturated rings. The van der Waals surface area contributed by atoms with Crippen LogP contribution in [0.1, 0.15) is 22.8 Å². The van der Waals surface area contributed by atoms with Crippen molar-refractivity contribution in [2.45, 2.75) is 13.3 Å². The molecule has 0 saturated heterocycles. The molecule has 0 amide bonds. The number of hydrogen-bond donors (Lipinski definition) is 0. The Morgan fingerprint density at radius 2 is 2.36 bits per heavy atom. The minimum atomic E-state index is -0.265. The molecule has 1 aromatic carbocycles. The number of esters is 1. The molecule has 0 heterocycles. The maximum absolute atomic E-state index is 11.4. The molecule has 0 saturated carbocycles. The van der Waals surface area contributed by atoms with E-state index in [4.69, 9.17) is 4.74 Å². The van der Waals surface area contributed by atoms with E-state index in [0.717, 1.165) is 12.0 Å². The molecule has 14 heavy (non-hydrogen) atoms. The van der Waals surface area contributed by atoms with Crippen molar-refractivity contribution in [2.24, 2.45) is 0 Å². The quantitative estimate of drug-likeness (QED) is 0.539. The van der Waals surface area contributed by atoms with Crippen LogP contribution < -0.4 is 0 Å². The van der Waals surface area contributed by atoms with Crippen molar-refractivity contribution in [3.63, 3.8) is 0 Å². The molecule has 0 spiro atoms. The van der Waals surface area contributed by atoms with Crippen LogP contribution in [0, 0.1) is 0 Å². The first kappa shape index (κ1) is 10.5. The van der Waals surface area contributed by atoms with Crippen molar-refractivity contribution in [1.29, 1.82) is 0 Å². The van der Waals surface area contributed by atoms with E-state index in [1.165, 1.54) is 0 Å². The van der Waals surface area contributed by atoms with Crippen molar-refractivity contribution < 1.29 is 9.53 Å². The molecule has 2 nitrogen and oxygen atoms in total. The number of carbonyl (C=O) groups excluding carboxylic acids is 1. The number of benzene rings is 1. The molecule has 2 heteroatoms. The van der Waals surface area contributed by atoms with E-state index < -0.39 is 0 Å². The van der Waals surface area contributed by atoms with Gasteiger partial charge in [0.25, 0.3) is 0 Å². The van der Waals surface area contributed by atoms with Crippen LogP contribution in [-0.4, -0.2) is 12.6 Å². The zero-order valence-corrected chi connectivity index (χ0v) is 8.32. The molecule has 1 aromatic rings. The Bertz CT molecular complexity index is 329. The number of carbonyl (C=O) groups is 1. The number of rotatable bonds is 4. The van der Waals surface area contributed by atoms with E-state index in [9.17, 15) is 4.79 Å². The standard InChI is InChI=1S/C12H14O2/c1-3-6-10-7-5-8-11(9-10)12(13)14-4-2/h3,5,7-9H,1,4,6H2,2H3. The molecule has 0 aromatic heterocycles. The van der Waals surface area contributed by atoms with Crippen LogP contribution in [0.2, 0.25) is 0 Å². The van der Waals surface area contributed by atoms with Gasteiger partial charge in [0.15, 0.2) is 0 Å². The molecule has 0 aliphatic carbocycles. The summed E-state index contributed by atoms with van der Waals surface area (Å²) in [5, 5.41) is 0. The highest BCUT2D eigenvalue weighted by molar-refractivity contribution is 5.89. The molecule has 0 N–H and O–H groups in total. The van der Waals surface area contributed by atoms with Crippen LogP contribution in [0.3, 0.4) is 0 Å². The summed E-state index contributed by atoms with van der Waals surface area (Å²) in [5.41, 5.74) is 1.68. The van der Waals surface area contributed by atoms with Crippen molar-refractivity contribution in [1.82, 2.24) is 0 Å². The van der Waals surface area contributed by atoms with Gasteiger partial charge in [0.1, 0.15) is 0 Å². The Balaban J connectivity index is 2.82. The Labute approximate surface area is 84.2 Å². The Morgan fingerprint density at radius 3 is 3.00 bits per heavy atom. The third kappa shape index (κ3) is 2.73. The summed E-state index contributed by atoms with van der Waals surface area (Å²) in [6, 6.07) is 7.40. The number of ether oxygens (including phenoxy) is 1. The van der Waals surface area contributed by atoms with E-state index in [2.05, 4.69) is 6.58 Å². The second-order valence-corrected chi connectivity index (χ2v) is 2.91. The lowest BCUT2D eigenvalue weighted by atomic mass is 10.1. The molecule has 0 atom stereocenters. The minimum Gasteiger partial charge on any atom is -0.462 e. The van der Waals surface area contributed by atoms with Crippen LogP contribution in [0.25, 0.3) is 0 Å². The fourth-order valence-electron chi connectivity index (χ4n) is 1.21. The lowest BCUT2D eigenvalue weighted by Crippen LogP contribution is -2.04. The van der Waals surface area contributed by atoms with Gasteiger partial charge in [-0.15, -0.1) is 6.58 Å². The second kappa shape index (κ2) is 5.22. The lowest BCUT2D eigenvalue weighted by Gasteiger charge is -2.03. The summed E-state index contributed by atoms with van der Waals surface area (Å²) in [5.74, 6) is -0.265. The van der Waals surface area contributed by atoms with E-state index in [0.29, 0.717) is 12.2 Å². The Kier molecular flexibility index (Phi) is 3.92. The van der Waals surface area contributed by atoms with Gasteiger partial charge < -0.3 is 4.74 Å². The first-order chi connectivity index (χ1) is 6.77. The first-order valence-electron chi connectivity index (χ1n) is 4.65. The topological polar surface area (TPSA) is 26.3 Å². The average molecular weight is 190 g/mol. The molecule has 0 unspecified atom stereocenters. The van der Waals surface area contributed by atoms with Crippen LogP contribution in [0.15, 0.2) is 36.9 Å². The van der Waals surface area contributed by atoms with Crippen molar-refractivity contribution in [3.8, 4) is 0 Å². The third-order valence-electron chi connectivity index (χ3n) is 1.82. The summed E-state index contributed by atoms with van der Waals surface area (Å²) < 4.78 is 4.90. The highest BCUT2D eigenvalue weighted by Gasteiger charge is 2.05. The molecule has 74 valence electrons. The van der Waals surface area contributed by atoms with Crippen molar-refractivity contribution >= 4 is 5.97 Å². The van der Waals surface area contributed by atoms with Crippen molar-refractivity contribution in [2.75, 3.05) is 6.61 Å². The maximum atomic E-state index is 11.4. The summed E-state index contributed by atoms with van der Waals surface area (Å²) in [7, 11) is 0. The highest BCUT2D eigenvalue weighted by atomic mass is 16.5. The van der Waals surface area contributed by atoms with Crippen molar-refractivity contribution in [3.05, 3.63) is 48.0 Å². The van der Waals surface area contributed by atoms with Gasteiger partial charge in [-0.1, -0.05) is 18.2 Å². The van der Waals surface area contributed by atoms with Gasteiger partial charge >= 0.3 is 5.97 Å². The van der Waals surface area contributed by atoms with Crippen LogP contribution in [0.4, 0.5) is 0 Å². The third-order valence-corrected chi connectivity index (χ3v) is 1.82. The monoisotopic (exact) mass is 190 g/mol. The summed E-state index contributed by atoms with van der Waals surface area (Å²) in [6.45, 7) is 5.86. The minimum absolute atomic E-state index is 0.265. The molecular weight excluding hydrogens is 176 g/mol. The summed E-state index contributed by atoms with van der Waals surface area (Å²) >= 11 is 0. The highest BCUT2D eigenvalue weighted by Crippen LogP contribution is 2.07. The largest absolute Gasteiger partial charge is 0.462 e. The van der Waals surface area contributed by atoms with Crippen LogP contribution >= 0.6 is 0 Å². The van der Waals surface area contributed by atoms with Crippen LogP contribution in [-0.2, 0) is 11.2 Å². The molecule has 0 radical (unpaired) electrons. The number of hydrogen-bond acceptors (Lipinski definition) is 2.